The van der Waals surface area contributed by atoms with E-state index < -0.39 is 5.60 Å². The molecule has 0 radical (unpaired) electrons. The predicted octanol–water partition coefficient (Wildman–Crippen LogP) is 2.87. The van der Waals surface area contributed by atoms with Gasteiger partial charge in [-0.1, -0.05) is 42.0 Å². The molecular formula is C20H23NO2. The van der Waals surface area contributed by atoms with Crippen LogP contribution in [-0.4, -0.2) is 23.2 Å². The smallest absolute Gasteiger partial charge is 0.251 e. The molecule has 0 atom stereocenters. The molecule has 2 aromatic carbocycles. The number of aliphatic hydroxyl groups is 1. The Kier molecular flexibility index (Phi) is 3.99. The summed E-state index contributed by atoms with van der Waals surface area (Å²) in [6.45, 7) is 6.21. The second-order valence-corrected chi connectivity index (χ2v) is 6.80. The second kappa shape index (κ2) is 5.82. The number of nitrogens with one attached hydrogen (secondary N) is 1. The van der Waals surface area contributed by atoms with Crippen molar-refractivity contribution in [1.29, 1.82) is 0 Å². The van der Waals surface area contributed by atoms with Crippen molar-refractivity contribution < 1.29 is 9.90 Å². The molecule has 1 aliphatic rings. The van der Waals surface area contributed by atoms with E-state index in [9.17, 15) is 9.90 Å². The van der Waals surface area contributed by atoms with E-state index in [1.165, 1.54) is 11.1 Å². The number of fused-ring (bicyclic) bond motifs is 1. The fourth-order valence-electron chi connectivity index (χ4n) is 3.67. The Morgan fingerprint density at radius 1 is 1.09 bits per heavy atom. The van der Waals surface area contributed by atoms with Crippen LogP contribution in [0.2, 0.25) is 0 Å². The van der Waals surface area contributed by atoms with Gasteiger partial charge in [-0.25, -0.2) is 0 Å². The zero-order chi connectivity index (χ0) is 16.6. The summed E-state index contributed by atoms with van der Waals surface area (Å²) in [5, 5.41) is 13.7. The summed E-state index contributed by atoms with van der Waals surface area (Å²) in [5.41, 5.74) is 5.28. The molecule has 0 heterocycles. The lowest BCUT2D eigenvalue weighted by atomic mass is 9.97. The Morgan fingerprint density at radius 2 is 1.61 bits per heavy atom. The van der Waals surface area contributed by atoms with E-state index in [2.05, 4.69) is 5.32 Å². The zero-order valence-electron chi connectivity index (χ0n) is 13.9. The van der Waals surface area contributed by atoms with E-state index in [0.717, 1.165) is 22.3 Å². The van der Waals surface area contributed by atoms with Gasteiger partial charge in [0.1, 0.15) is 0 Å². The highest BCUT2D eigenvalue weighted by Crippen LogP contribution is 2.29. The van der Waals surface area contributed by atoms with Gasteiger partial charge < -0.3 is 10.4 Å². The molecule has 23 heavy (non-hydrogen) atoms. The minimum atomic E-state index is -0.883. The third-order valence-corrected chi connectivity index (χ3v) is 4.64. The minimum Gasteiger partial charge on any atom is -0.387 e. The Hall–Kier alpha value is -2.13. The van der Waals surface area contributed by atoms with Crippen molar-refractivity contribution in [3.8, 4) is 0 Å². The van der Waals surface area contributed by atoms with Crippen LogP contribution in [-0.2, 0) is 12.8 Å². The van der Waals surface area contributed by atoms with Gasteiger partial charge in [-0.2, -0.15) is 0 Å². The number of hydrogen-bond acceptors (Lipinski definition) is 2. The van der Waals surface area contributed by atoms with Gasteiger partial charge in [0.15, 0.2) is 0 Å². The Balaban J connectivity index is 1.71. The van der Waals surface area contributed by atoms with Crippen molar-refractivity contribution in [2.45, 2.75) is 39.2 Å². The maximum Gasteiger partial charge on any atom is 0.251 e. The van der Waals surface area contributed by atoms with Crippen LogP contribution in [0.1, 0.15) is 38.2 Å². The first-order chi connectivity index (χ1) is 10.9. The summed E-state index contributed by atoms with van der Waals surface area (Å²) < 4.78 is 0. The number of rotatable bonds is 3. The zero-order valence-corrected chi connectivity index (χ0v) is 13.9. The quantitative estimate of drug-likeness (QED) is 0.916. The van der Waals surface area contributed by atoms with Gasteiger partial charge in [0, 0.05) is 24.9 Å². The first-order valence-corrected chi connectivity index (χ1v) is 8.03. The maximum atomic E-state index is 12.5. The highest BCUT2D eigenvalue weighted by Gasteiger charge is 2.35. The summed E-state index contributed by atoms with van der Waals surface area (Å²) in [6, 6.07) is 12.1. The maximum absolute atomic E-state index is 12.5. The van der Waals surface area contributed by atoms with E-state index in [1.807, 2.05) is 57.2 Å². The standard InChI is InChI=1S/C20H23NO2/c1-13-8-14(2)18(15(3)9-13)19(22)21-12-20(23)10-16-6-4-5-7-17(16)11-20/h4-9,23H,10-12H2,1-3H3,(H,21,22). The van der Waals surface area contributed by atoms with Crippen molar-refractivity contribution in [3.63, 3.8) is 0 Å². The van der Waals surface area contributed by atoms with E-state index in [4.69, 9.17) is 0 Å². The molecule has 0 aromatic heterocycles. The van der Waals surface area contributed by atoms with E-state index in [1.54, 1.807) is 0 Å². The number of aryl methyl sites for hydroxylation is 3. The second-order valence-electron chi connectivity index (χ2n) is 6.80. The van der Waals surface area contributed by atoms with Crippen LogP contribution in [0.15, 0.2) is 36.4 Å². The van der Waals surface area contributed by atoms with Crippen molar-refractivity contribution in [2.75, 3.05) is 6.54 Å². The lowest BCUT2D eigenvalue weighted by molar-refractivity contribution is 0.0479. The third kappa shape index (κ3) is 3.15. The van der Waals surface area contributed by atoms with Crippen LogP contribution in [0.5, 0.6) is 0 Å². The van der Waals surface area contributed by atoms with Gasteiger partial charge in [0.05, 0.1) is 5.60 Å². The molecule has 0 bridgehead atoms. The summed E-state index contributed by atoms with van der Waals surface area (Å²) in [6.07, 6.45) is 1.19. The van der Waals surface area contributed by atoms with Crippen LogP contribution in [0.4, 0.5) is 0 Å². The van der Waals surface area contributed by atoms with Gasteiger partial charge in [-0.3, -0.25) is 4.79 Å². The number of benzene rings is 2. The Morgan fingerprint density at radius 3 is 2.13 bits per heavy atom. The molecule has 1 amide bonds. The van der Waals surface area contributed by atoms with Crippen LogP contribution >= 0.6 is 0 Å². The molecule has 0 saturated heterocycles. The largest absolute Gasteiger partial charge is 0.387 e. The number of hydrogen-bond donors (Lipinski definition) is 2. The van der Waals surface area contributed by atoms with Crippen molar-refractivity contribution in [2.24, 2.45) is 0 Å². The molecule has 1 aliphatic carbocycles. The number of carbonyl (C=O) groups excluding carboxylic acids is 1. The first kappa shape index (κ1) is 15.8. The summed E-state index contributed by atoms with van der Waals surface area (Å²) in [5.74, 6) is -0.107. The Bertz CT molecular complexity index is 716. The van der Waals surface area contributed by atoms with Crippen molar-refractivity contribution >= 4 is 5.91 Å². The molecule has 3 nitrogen and oxygen atoms in total. The van der Waals surface area contributed by atoms with E-state index in [0.29, 0.717) is 12.8 Å². The molecule has 3 rings (SSSR count). The Labute approximate surface area is 137 Å². The van der Waals surface area contributed by atoms with Crippen LogP contribution < -0.4 is 5.32 Å². The average molecular weight is 309 g/mol. The number of carbonyl (C=O) groups is 1. The molecular weight excluding hydrogens is 286 g/mol. The molecule has 0 unspecified atom stereocenters. The molecule has 3 heteroatoms. The highest BCUT2D eigenvalue weighted by atomic mass is 16.3. The normalized spacial score (nSPS) is 15.3. The van der Waals surface area contributed by atoms with Crippen LogP contribution in [0.3, 0.4) is 0 Å². The van der Waals surface area contributed by atoms with E-state index in [-0.39, 0.29) is 12.5 Å². The van der Waals surface area contributed by atoms with Crippen LogP contribution in [0.25, 0.3) is 0 Å². The lowest BCUT2D eigenvalue weighted by Gasteiger charge is -2.23. The SMILES string of the molecule is Cc1cc(C)c(C(=O)NCC2(O)Cc3ccccc3C2)c(C)c1. The molecule has 0 spiro atoms. The average Bonchev–Trinajstić information content (AvgIpc) is 2.80. The molecule has 0 aliphatic heterocycles. The minimum absolute atomic E-state index is 0.107. The first-order valence-electron chi connectivity index (χ1n) is 8.03. The van der Waals surface area contributed by atoms with Gasteiger partial charge in [-0.05, 0) is 43.0 Å². The predicted molar refractivity (Wildman–Crippen MR) is 91.8 cm³/mol. The summed E-state index contributed by atoms with van der Waals surface area (Å²) >= 11 is 0. The van der Waals surface area contributed by atoms with E-state index >= 15 is 0 Å². The third-order valence-electron chi connectivity index (χ3n) is 4.64. The monoisotopic (exact) mass is 309 g/mol. The van der Waals surface area contributed by atoms with Crippen molar-refractivity contribution in [3.05, 3.63) is 69.8 Å². The summed E-state index contributed by atoms with van der Waals surface area (Å²) in [4.78, 5) is 12.5. The fraction of sp³-hybridized carbons (Fsp3) is 0.350. The molecule has 0 saturated carbocycles. The van der Waals surface area contributed by atoms with Gasteiger partial charge in [-0.15, -0.1) is 0 Å². The molecule has 2 aromatic rings. The molecule has 120 valence electrons. The summed E-state index contributed by atoms with van der Waals surface area (Å²) in [7, 11) is 0. The molecule has 2 N–H and O–H groups in total. The van der Waals surface area contributed by atoms with Gasteiger partial charge >= 0.3 is 0 Å². The fourth-order valence-corrected chi connectivity index (χ4v) is 3.67. The topological polar surface area (TPSA) is 49.3 Å². The van der Waals surface area contributed by atoms with Gasteiger partial charge in [0.2, 0.25) is 0 Å². The van der Waals surface area contributed by atoms with Crippen molar-refractivity contribution in [1.82, 2.24) is 5.32 Å². The lowest BCUT2D eigenvalue weighted by Crippen LogP contribution is -2.44. The number of amides is 1. The van der Waals surface area contributed by atoms with Crippen LogP contribution in [0, 0.1) is 20.8 Å². The highest BCUT2D eigenvalue weighted by molar-refractivity contribution is 5.97. The van der Waals surface area contributed by atoms with Gasteiger partial charge in [0.25, 0.3) is 5.91 Å². The molecule has 0 fully saturated rings.